The molecule has 0 saturated carbocycles. The van der Waals surface area contributed by atoms with Crippen molar-refractivity contribution in [1.82, 2.24) is 20.2 Å². The molecule has 0 radical (unpaired) electrons. The molecule has 10 heteroatoms. The molecule has 7 rings (SSSR count). The maximum atomic E-state index is 16.7. The third kappa shape index (κ3) is 4.61. The molecule has 42 heavy (non-hydrogen) atoms. The Morgan fingerprint density at radius 2 is 1.81 bits per heavy atom. The fourth-order valence-electron chi connectivity index (χ4n) is 7.09. The predicted octanol–water partition coefficient (Wildman–Crippen LogP) is 5.55. The normalized spacial score (nSPS) is 22.5. The van der Waals surface area contributed by atoms with E-state index in [9.17, 15) is 9.50 Å². The van der Waals surface area contributed by atoms with Crippen LogP contribution in [0.1, 0.15) is 38.2 Å². The van der Waals surface area contributed by atoms with Crippen molar-refractivity contribution in [3.05, 3.63) is 53.3 Å². The van der Waals surface area contributed by atoms with Crippen LogP contribution in [0, 0.1) is 17.5 Å². The molecular formula is C32H34F3N5O2. The summed E-state index contributed by atoms with van der Waals surface area (Å²) in [5, 5.41) is 15.2. The number of nitrogens with zero attached hydrogens (tertiary/aromatic N) is 4. The molecule has 7 nitrogen and oxygen atoms in total. The molecule has 1 aromatic heterocycles. The van der Waals surface area contributed by atoms with Crippen molar-refractivity contribution in [3.8, 4) is 22.9 Å². The largest absolute Gasteiger partial charge is 0.508 e. The molecule has 3 aliphatic heterocycles. The number of ether oxygens (including phenoxy) is 1. The van der Waals surface area contributed by atoms with Gasteiger partial charge < -0.3 is 25.0 Å². The Hall–Kier alpha value is -3.63. The minimum absolute atomic E-state index is 0.0428. The van der Waals surface area contributed by atoms with Gasteiger partial charge in [-0.05, 0) is 91.9 Å². The van der Waals surface area contributed by atoms with Gasteiger partial charge >= 0.3 is 6.01 Å². The zero-order chi connectivity index (χ0) is 29.1. The smallest absolute Gasteiger partial charge is 0.319 e. The molecule has 3 aromatic carbocycles. The van der Waals surface area contributed by atoms with Crippen molar-refractivity contribution in [2.75, 3.05) is 38.2 Å². The number of aromatic nitrogens is 2. The standard InChI is InChI=1S/C32H34F3N5O2/c1-3-22-25(33)9-6-17-11-21(41)12-23(27(17)22)28-26(34)13-24-30(29(28)35)37-32(42-16-20-5-4-10-39(20)2)38-31(24)40-14-18-7-8-19(15-40)36-18/h6,9,11-13,18-20,36,41H,3-5,7-8,10,14-16H2,1-2H3/t18?,19?,20-/m0/s1. The Labute approximate surface area is 242 Å². The average Bonchev–Trinajstić information content (AvgIpc) is 3.54. The Bertz CT molecular complexity index is 1690. The third-order valence-electron chi connectivity index (χ3n) is 9.21. The molecule has 3 saturated heterocycles. The van der Waals surface area contributed by atoms with Gasteiger partial charge in [0.05, 0.1) is 5.56 Å². The first-order chi connectivity index (χ1) is 20.3. The number of phenolic OH excluding ortho intramolecular Hbond substituents is 1. The van der Waals surface area contributed by atoms with Crippen molar-refractivity contribution in [1.29, 1.82) is 0 Å². The molecule has 2 unspecified atom stereocenters. The highest BCUT2D eigenvalue weighted by Crippen LogP contribution is 2.42. The highest BCUT2D eigenvalue weighted by molar-refractivity contribution is 6.03. The van der Waals surface area contributed by atoms with E-state index in [1.807, 2.05) is 7.05 Å². The van der Waals surface area contributed by atoms with Gasteiger partial charge in [-0.3, -0.25) is 0 Å². The van der Waals surface area contributed by atoms with Gasteiger partial charge in [0.1, 0.15) is 35.3 Å². The van der Waals surface area contributed by atoms with Gasteiger partial charge in [0, 0.05) is 36.6 Å². The van der Waals surface area contributed by atoms with Crippen LogP contribution < -0.4 is 15.0 Å². The molecule has 3 fully saturated rings. The number of piperazine rings is 1. The second kappa shape index (κ2) is 10.6. The van der Waals surface area contributed by atoms with E-state index in [-0.39, 0.29) is 51.9 Å². The first kappa shape index (κ1) is 27.2. The van der Waals surface area contributed by atoms with E-state index in [0.29, 0.717) is 48.3 Å². The molecule has 0 spiro atoms. The summed E-state index contributed by atoms with van der Waals surface area (Å²) in [6.45, 7) is 4.45. The second-order valence-electron chi connectivity index (χ2n) is 11.9. The molecule has 4 aromatic rings. The van der Waals surface area contributed by atoms with Crippen LogP contribution >= 0.6 is 0 Å². The van der Waals surface area contributed by atoms with Crippen LogP contribution in [0.25, 0.3) is 32.8 Å². The number of likely N-dealkylation sites (N-methyl/N-ethyl adjacent to an activating group) is 1. The van der Waals surface area contributed by atoms with Gasteiger partial charge in [-0.25, -0.2) is 13.2 Å². The maximum Gasteiger partial charge on any atom is 0.319 e. The van der Waals surface area contributed by atoms with Crippen molar-refractivity contribution in [2.45, 2.75) is 57.2 Å². The van der Waals surface area contributed by atoms with E-state index in [1.54, 1.807) is 6.92 Å². The molecule has 0 amide bonds. The zero-order valence-corrected chi connectivity index (χ0v) is 23.8. The van der Waals surface area contributed by atoms with Crippen LogP contribution in [0.3, 0.4) is 0 Å². The number of anilines is 1. The summed E-state index contributed by atoms with van der Waals surface area (Å²) < 4.78 is 53.8. The van der Waals surface area contributed by atoms with Gasteiger partial charge in [-0.1, -0.05) is 13.0 Å². The van der Waals surface area contributed by atoms with Gasteiger partial charge in [-0.15, -0.1) is 0 Å². The summed E-state index contributed by atoms with van der Waals surface area (Å²) >= 11 is 0. The highest BCUT2D eigenvalue weighted by atomic mass is 19.1. The number of fused-ring (bicyclic) bond motifs is 4. The van der Waals surface area contributed by atoms with Crippen molar-refractivity contribution < 1.29 is 23.0 Å². The number of hydrogen-bond donors (Lipinski definition) is 2. The SMILES string of the molecule is CCc1c(F)ccc2cc(O)cc(-c3c(F)cc4c(N5CC6CCC(C5)N6)nc(OC[C@@H]5CCCN5C)nc4c3F)c12. The number of rotatable bonds is 6. The lowest BCUT2D eigenvalue weighted by atomic mass is 9.91. The summed E-state index contributed by atoms with van der Waals surface area (Å²) in [5.41, 5.74) is -0.0299. The maximum absolute atomic E-state index is 16.7. The van der Waals surface area contributed by atoms with Crippen LogP contribution in [0.15, 0.2) is 30.3 Å². The summed E-state index contributed by atoms with van der Waals surface area (Å²) in [7, 11) is 2.05. The van der Waals surface area contributed by atoms with Gasteiger partial charge in [0.15, 0.2) is 5.82 Å². The summed E-state index contributed by atoms with van der Waals surface area (Å²) in [5.74, 6) is -1.92. The fraction of sp³-hybridized carbons (Fsp3) is 0.438. The fourth-order valence-corrected chi connectivity index (χ4v) is 7.09. The molecular weight excluding hydrogens is 543 g/mol. The molecule has 0 aliphatic carbocycles. The van der Waals surface area contributed by atoms with Crippen LogP contribution in [-0.4, -0.2) is 71.4 Å². The van der Waals surface area contributed by atoms with E-state index in [2.05, 4.69) is 20.1 Å². The van der Waals surface area contributed by atoms with Gasteiger partial charge in [0.25, 0.3) is 0 Å². The molecule has 2 bridgehead atoms. The van der Waals surface area contributed by atoms with Gasteiger partial charge in [-0.2, -0.15) is 9.97 Å². The average molecular weight is 578 g/mol. The predicted molar refractivity (Wildman–Crippen MR) is 157 cm³/mol. The lowest BCUT2D eigenvalue weighted by molar-refractivity contribution is 0.188. The minimum atomic E-state index is -0.896. The Kier molecular flexibility index (Phi) is 6.85. The number of halogens is 3. The first-order valence-electron chi connectivity index (χ1n) is 14.8. The summed E-state index contributed by atoms with van der Waals surface area (Å²) in [6.07, 6.45) is 4.45. The monoisotopic (exact) mass is 577 g/mol. The van der Waals surface area contributed by atoms with Crippen LogP contribution in [0.2, 0.25) is 0 Å². The van der Waals surface area contributed by atoms with E-state index in [4.69, 9.17) is 9.72 Å². The van der Waals surface area contributed by atoms with Crippen LogP contribution in [0.4, 0.5) is 19.0 Å². The van der Waals surface area contributed by atoms with Crippen molar-refractivity contribution >= 4 is 27.5 Å². The number of aryl methyl sites for hydroxylation is 1. The summed E-state index contributed by atoms with van der Waals surface area (Å²) in [4.78, 5) is 13.5. The topological polar surface area (TPSA) is 73.8 Å². The Morgan fingerprint density at radius 1 is 1.02 bits per heavy atom. The zero-order valence-electron chi connectivity index (χ0n) is 23.8. The minimum Gasteiger partial charge on any atom is -0.508 e. The van der Waals surface area contributed by atoms with Crippen LogP contribution in [-0.2, 0) is 6.42 Å². The van der Waals surface area contributed by atoms with E-state index in [0.717, 1.165) is 32.2 Å². The molecule has 4 heterocycles. The number of phenols is 1. The van der Waals surface area contributed by atoms with Crippen molar-refractivity contribution in [2.24, 2.45) is 0 Å². The van der Waals surface area contributed by atoms with Crippen LogP contribution in [0.5, 0.6) is 11.8 Å². The third-order valence-corrected chi connectivity index (χ3v) is 9.21. The highest BCUT2D eigenvalue weighted by Gasteiger charge is 2.35. The Balaban J connectivity index is 1.42. The molecule has 3 aliphatic rings. The quantitative estimate of drug-likeness (QED) is 0.311. The number of nitrogens with one attached hydrogen (secondary N) is 1. The van der Waals surface area contributed by atoms with E-state index in [1.165, 1.54) is 30.3 Å². The lowest BCUT2D eigenvalue weighted by Crippen LogP contribution is -2.51. The molecule has 2 N–H and O–H groups in total. The Morgan fingerprint density at radius 3 is 2.52 bits per heavy atom. The van der Waals surface area contributed by atoms with E-state index >= 15 is 8.78 Å². The lowest BCUT2D eigenvalue weighted by Gasteiger charge is -2.34. The van der Waals surface area contributed by atoms with E-state index < -0.39 is 17.5 Å². The van der Waals surface area contributed by atoms with Gasteiger partial charge in [0.2, 0.25) is 0 Å². The molecule has 3 atom stereocenters. The number of benzene rings is 3. The number of aromatic hydroxyl groups is 1. The summed E-state index contributed by atoms with van der Waals surface area (Å²) in [6, 6.07) is 7.65. The number of likely N-dealkylation sites (tertiary alicyclic amines) is 1. The second-order valence-corrected chi connectivity index (χ2v) is 11.9. The van der Waals surface area contributed by atoms with Crippen molar-refractivity contribution in [3.63, 3.8) is 0 Å². The molecule has 220 valence electrons. The first-order valence-corrected chi connectivity index (χ1v) is 14.8. The number of hydrogen-bond acceptors (Lipinski definition) is 7.